The first-order chi connectivity index (χ1) is 9.54. The molecule has 1 atom stereocenters. The fourth-order valence-electron chi connectivity index (χ4n) is 1.78. The number of thioether (sulfide) groups is 1. The summed E-state index contributed by atoms with van der Waals surface area (Å²) < 4.78 is 1.08. The van der Waals surface area contributed by atoms with Crippen molar-refractivity contribution in [2.45, 2.75) is 17.4 Å². The standard InChI is InChI=1S/C15H14BrCl2NS/c16-11-1-4-14(5-2-11)20-9-13(19)8-10-7-12(17)3-6-15(10)18/h1-7,13H,8-9,19H2. The Morgan fingerprint density at radius 2 is 1.80 bits per heavy atom. The Balaban J connectivity index is 1.90. The van der Waals surface area contributed by atoms with Gasteiger partial charge in [-0.05, 0) is 54.4 Å². The van der Waals surface area contributed by atoms with Gasteiger partial charge in [-0.1, -0.05) is 39.1 Å². The molecule has 2 rings (SSSR count). The Kier molecular flexibility index (Phi) is 6.24. The second-order valence-electron chi connectivity index (χ2n) is 4.46. The summed E-state index contributed by atoms with van der Waals surface area (Å²) in [6.45, 7) is 0. The lowest BCUT2D eigenvalue weighted by molar-refractivity contribution is 0.749. The van der Waals surface area contributed by atoms with Crippen molar-refractivity contribution in [3.8, 4) is 0 Å². The molecule has 0 bridgehead atoms. The summed E-state index contributed by atoms with van der Waals surface area (Å²) in [5.74, 6) is 0.838. The lowest BCUT2D eigenvalue weighted by atomic mass is 10.1. The van der Waals surface area contributed by atoms with E-state index in [2.05, 4.69) is 28.1 Å². The number of benzene rings is 2. The highest BCUT2D eigenvalue weighted by molar-refractivity contribution is 9.10. The van der Waals surface area contributed by atoms with Crippen molar-refractivity contribution < 1.29 is 0 Å². The van der Waals surface area contributed by atoms with E-state index in [0.29, 0.717) is 5.02 Å². The second-order valence-corrected chi connectivity index (χ2v) is 7.32. The fraction of sp³-hybridized carbons (Fsp3) is 0.200. The van der Waals surface area contributed by atoms with E-state index < -0.39 is 0 Å². The van der Waals surface area contributed by atoms with Gasteiger partial charge in [0.15, 0.2) is 0 Å². The van der Waals surface area contributed by atoms with Gasteiger partial charge < -0.3 is 5.73 Å². The number of hydrogen-bond donors (Lipinski definition) is 1. The number of hydrogen-bond acceptors (Lipinski definition) is 2. The van der Waals surface area contributed by atoms with Crippen LogP contribution >= 0.6 is 50.9 Å². The molecule has 1 nitrogen and oxygen atoms in total. The van der Waals surface area contributed by atoms with Crippen molar-refractivity contribution >= 4 is 50.9 Å². The highest BCUT2D eigenvalue weighted by Gasteiger charge is 2.09. The summed E-state index contributed by atoms with van der Waals surface area (Å²) in [6, 6.07) is 13.7. The molecule has 0 amide bonds. The van der Waals surface area contributed by atoms with E-state index in [1.165, 1.54) is 4.90 Å². The third-order valence-electron chi connectivity index (χ3n) is 2.77. The molecule has 0 aliphatic carbocycles. The minimum absolute atomic E-state index is 0.0413. The molecule has 0 aliphatic heterocycles. The average molecular weight is 391 g/mol. The predicted octanol–water partition coefficient (Wildman–Crippen LogP) is 5.42. The SMILES string of the molecule is NC(CSc1ccc(Br)cc1)Cc1cc(Cl)ccc1Cl. The van der Waals surface area contributed by atoms with Crippen LogP contribution in [0.3, 0.4) is 0 Å². The van der Waals surface area contributed by atoms with Crippen molar-refractivity contribution in [1.82, 2.24) is 0 Å². The molecule has 0 spiro atoms. The highest BCUT2D eigenvalue weighted by Crippen LogP contribution is 2.24. The van der Waals surface area contributed by atoms with Gasteiger partial charge >= 0.3 is 0 Å². The Bertz CT molecular complexity index is 575. The van der Waals surface area contributed by atoms with Crippen LogP contribution in [0.25, 0.3) is 0 Å². The van der Waals surface area contributed by atoms with Crippen molar-refractivity contribution in [2.75, 3.05) is 5.75 Å². The Labute approximate surface area is 142 Å². The normalized spacial score (nSPS) is 12.4. The number of halogens is 3. The van der Waals surface area contributed by atoms with E-state index in [4.69, 9.17) is 28.9 Å². The van der Waals surface area contributed by atoms with Crippen LogP contribution in [0.2, 0.25) is 10.0 Å². The number of nitrogens with two attached hydrogens (primary N) is 1. The smallest absolute Gasteiger partial charge is 0.0439 e. The van der Waals surface area contributed by atoms with Crippen molar-refractivity contribution in [1.29, 1.82) is 0 Å². The van der Waals surface area contributed by atoms with Gasteiger partial charge in [-0.25, -0.2) is 0 Å². The van der Waals surface area contributed by atoms with Crippen LogP contribution < -0.4 is 5.73 Å². The van der Waals surface area contributed by atoms with Crippen LogP contribution in [0, 0.1) is 0 Å². The fourth-order valence-corrected chi connectivity index (χ4v) is 3.28. The molecule has 0 saturated carbocycles. The molecule has 0 saturated heterocycles. The number of rotatable bonds is 5. The van der Waals surface area contributed by atoms with Gasteiger partial charge in [0.1, 0.15) is 0 Å². The lowest BCUT2D eigenvalue weighted by Crippen LogP contribution is -2.25. The third-order valence-corrected chi connectivity index (χ3v) is 5.10. The maximum absolute atomic E-state index is 6.17. The van der Waals surface area contributed by atoms with Crippen LogP contribution in [-0.4, -0.2) is 11.8 Å². The molecule has 0 aliphatic rings. The molecule has 106 valence electrons. The van der Waals surface area contributed by atoms with Gasteiger partial charge in [0.05, 0.1) is 0 Å². The van der Waals surface area contributed by atoms with Crippen LogP contribution in [0.1, 0.15) is 5.56 Å². The average Bonchev–Trinajstić information content (AvgIpc) is 2.42. The van der Waals surface area contributed by atoms with E-state index in [0.717, 1.165) is 27.2 Å². The molecule has 0 aromatic heterocycles. The molecular formula is C15H14BrCl2NS. The molecule has 20 heavy (non-hydrogen) atoms. The minimum Gasteiger partial charge on any atom is -0.327 e. The van der Waals surface area contributed by atoms with E-state index in [1.807, 2.05) is 24.3 Å². The highest BCUT2D eigenvalue weighted by atomic mass is 79.9. The van der Waals surface area contributed by atoms with Crippen LogP contribution in [0.4, 0.5) is 0 Å². The van der Waals surface area contributed by atoms with Crippen LogP contribution in [0.5, 0.6) is 0 Å². The van der Waals surface area contributed by atoms with Gasteiger partial charge in [-0.2, -0.15) is 0 Å². The Morgan fingerprint density at radius 1 is 1.10 bits per heavy atom. The molecule has 2 N–H and O–H groups in total. The molecular weight excluding hydrogens is 377 g/mol. The first-order valence-corrected chi connectivity index (χ1v) is 8.66. The molecule has 2 aromatic rings. The van der Waals surface area contributed by atoms with Gasteiger partial charge in [-0.3, -0.25) is 0 Å². The topological polar surface area (TPSA) is 26.0 Å². The molecule has 5 heteroatoms. The summed E-state index contributed by atoms with van der Waals surface area (Å²) in [7, 11) is 0. The van der Waals surface area contributed by atoms with E-state index in [1.54, 1.807) is 17.8 Å². The maximum Gasteiger partial charge on any atom is 0.0439 e. The Morgan fingerprint density at radius 3 is 2.50 bits per heavy atom. The minimum atomic E-state index is 0.0413. The van der Waals surface area contributed by atoms with Gasteiger partial charge in [0, 0.05) is 31.2 Å². The van der Waals surface area contributed by atoms with Gasteiger partial charge in [0.25, 0.3) is 0 Å². The van der Waals surface area contributed by atoms with Gasteiger partial charge in [-0.15, -0.1) is 11.8 Å². The maximum atomic E-state index is 6.17. The van der Waals surface area contributed by atoms with Crippen LogP contribution in [0.15, 0.2) is 51.8 Å². The molecule has 0 fully saturated rings. The summed E-state index contributed by atoms with van der Waals surface area (Å²) >= 11 is 17.3. The van der Waals surface area contributed by atoms with Crippen molar-refractivity contribution in [2.24, 2.45) is 5.73 Å². The van der Waals surface area contributed by atoms with E-state index >= 15 is 0 Å². The van der Waals surface area contributed by atoms with E-state index in [9.17, 15) is 0 Å². The monoisotopic (exact) mass is 389 g/mol. The van der Waals surface area contributed by atoms with Gasteiger partial charge in [0.2, 0.25) is 0 Å². The first kappa shape index (κ1) is 16.2. The Hall–Kier alpha value is -0.190. The van der Waals surface area contributed by atoms with E-state index in [-0.39, 0.29) is 6.04 Å². The predicted molar refractivity (Wildman–Crippen MR) is 93.0 cm³/mol. The largest absolute Gasteiger partial charge is 0.327 e. The second kappa shape index (κ2) is 7.71. The zero-order valence-corrected chi connectivity index (χ0v) is 14.6. The molecule has 0 radical (unpaired) electrons. The lowest BCUT2D eigenvalue weighted by Gasteiger charge is -2.13. The quantitative estimate of drug-likeness (QED) is 0.690. The summed E-state index contributed by atoms with van der Waals surface area (Å²) in [4.78, 5) is 1.21. The summed E-state index contributed by atoms with van der Waals surface area (Å²) in [5.41, 5.74) is 7.17. The molecule has 2 aromatic carbocycles. The first-order valence-electron chi connectivity index (χ1n) is 6.12. The third kappa shape index (κ3) is 4.97. The molecule has 0 heterocycles. The summed E-state index contributed by atoms with van der Waals surface area (Å²) in [6.07, 6.45) is 0.725. The molecule has 1 unspecified atom stereocenters. The van der Waals surface area contributed by atoms with Crippen LogP contribution in [-0.2, 0) is 6.42 Å². The van der Waals surface area contributed by atoms with Crippen molar-refractivity contribution in [3.63, 3.8) is 0 Å². The van der Waals surface area contributed by atoms with Crippen molar-refractivity contribution in [3.05, 3.63) is 62.5 Å². The zero-order valence-electron chi connectivity index (χ0n) is 10.7. The summed E-state index contributed by atoms with van der Waals surface area (Å²) in [5, 5.41) is 1.41. The zero-order chi connectivity index (χ0) is 14.5.